The van der Waals surface area contributed by atoms with Gasteiger partial charge in [0.1, 0.15) is 13.2 Å². The molecule has 0 aromatic heterocycles. The van der Waals surface area contributed by atoms with Crippen molar-refractivity contribution in [2.24, 2.45) is 0 Å². The van der Waals surface area contributed by atoms with Gasteiger partial charge in [-0.25, -0.2) is 0 Å². The molecule has 6 heteroatoms. The molecule has 0 aromatic rings. The van der Waals surface area contributed by atoms with Crippen LogP contribution < -0.4 is 0 Å². The molecule has 0 radical (unpaired) electrons. The van der Waals surface area contributed by atoms with Crippen LogP contribution in [-0.2, 0) is 28.6 Å². The number of hydrogen-bond acceptors (Lipinski definition) is 6. The van der Waals surface area contributed by atoms with E-state index in [1.54, 1.807) is 0 Å². The maximum absolute atomic E-state index is 12.8. The molecular formula is C59H114O6. The number of esters is 3. The molecule has 0 heterocycles. The highest BCUT2D eigenvalue weighted by Gasteiger charge is 2.19. The number of carbonyl (C=O) groups excluding carboxylic acids is 3. The van der Waals surface area contributed by atoms with Crippen LogP contribution in [0.15, 0.2) is 0 Å². The summed E-state index contributed by atoms with van der Waals surface area (Å²) in [5.74, 6) is -0.830. The third kappa shape index (κ3) is 53.2. The second-order valence-corrected chi connectivity index (χ2v) is 20.3. The third-order valence-electron chi connectivity index (χ3n) is 13.6. The Morgan fingerprint density at radius 2 is 0.415 bits per heavy atom. The molecule has 0 aromatic carbocycles. The van der Waals surface area contributed by atoms with Crippen LogP contribution in [0.1, 0.15) is 342 Å². The molecule has 0 rings (SSSR count). The number of hydrogen-bond donors (Lipinski definition) is 0. The fraction of sp³-hybridized carbons (Fsp3) is 0.949. The van der Waals surface area contributed by atoms with Crippen LogP contribution in [-0.4, -0.2) is 37.2 Å². The van der Waals surface area contributed by atoms with E-state index in [0.717, 1.165) is 57.8 Å². The average molecular weight is 920 g/mol. The van der Waals surface area contributed by atoms with E-state index in [1.165, 1.54) is 244 Å². The van der Waals surface area contributed by atoms with E-state index in [9.17, 15) is 14.4 Å². The summed E-state index contributed by atoms with van der Waals surface area (Å²) >= 11 is 0. The van der Waals surface area contributed by atoms with Crippen LogP contribution in [0.2, 0.25) is 0 Å². The smallest absolute Gasteiger partial charge is 0.306 e. The van der Waals surface area contributed by atoms with Gasteiger partial charge in [0.15, 0.2) is 6.10 Å². The van der Waals surface area contributed by atoms with Crippen molar-refractivity contribution in [3.05, 3.63) is 0 Å². The summed E-state index contributed by atoms with van der Waals surface area (Å²) in [5.41, 5.74) is 0. The zero-order chi connectivity index (χ0) is 47.2. The molecule has 0 bridgehead atoms. The Morgan fingerprint density at radius 1 is 0.246 bits per heavy atom. The van der Waals surface area contributed by atoms with Crippen LogP contribution in [0, 0.1) is 0 Å². The van der Waals surface area contributed by atoms with E-state index in [1.807, 2.05) is 0 Å². The van der Waals surface area contributed by atoms with Gasteiger partial charge >= 0.3 is 17.9 Å². The first-order valence-corrected chi connectivity index (χ1v) is 29.5. The van der Waals surface area contributed by atoms with Gasteiger partial charge in [-0.2, -0.15) is 0 Å². The van der Waals surface area contributed by atoms with Crippen LogP contribution in [0.25, 0.3) is 0 Å². The number of carbonyl (C=O) groups is 3. The Hall–Kier alpha value is -1.59. The lowest BCUT2D eigenvalue weighted by atomic mass is 10.0. The van der Waals surface area contributed by atoms with Crippen molar-refractivity contribution in [3.63, 3.8) is 0 Å². The van der Waals surface area contributed by atoms with E-state index in [0.29, 0.717) is 19.3 Å². The molecule has 0 amide bonds. The zero-order valence-corrected chi connectivity index (χ0v) is 44.3. The molecule has 1 atom stereocenters. The second kappa shape index (κ2) is 55.0. The van der Waals surface area contributed by atoms with Crippen LogP contribution >= 0.6 is 0 Å². The molecule has 1 unspecified atom stereocenters. The first-order chi connectivity index (χ1) is 32.0. The van der Waals surface area contributed by atoms with Gasteiger partial charge in [-0.15, -0.1) is 0 Å². The summed E-state index contributed by atoms with van der Waals surface area (Å²) in [5, 5.41) is 0. The molecule has 0 spiro atoms. The van der Waals surface area contributed by atoms with Gasteiger partial charge in [-0.1, -0.05) is 303 Å². The van der Waals surface area contributed by atoms with Crippen LogP contribution in [0.5, 0.6) is 0 Å². The Bertz CT molecular complexity index is 967. The van der Waals surface area contributed by atoms with Crippen molar-refractivity contribution < 1.29 is 28.6 Å². The first-order valence-electron chi connectivity index (χ1n) is 29.5. The third-order valence-corrected chi connectivity index (χ3v) is 13.6. The predicted molar refractivity (Wildman–Crippen MR) is 280 cm³/mol. The maximum Gasteiger partial charge on any atom is 0.306 e. The lowest BCUT2D eigenvalue weighted by Gasteiger charge is -2.18. The molecule has 0 aliphatic rings. The van der Waals surface area contributed by atoms with Crippen LogP contribution in [0.4, 0.5) is 0 Å². The Balaban J connectivity index is 4.28. The standard InChI is InChI=1S/C59H114O6/c1-4-7-10-13-16-19-22-25-28-29-30-32-34-37-40-43-46-49-52-58(61)64-55-56(54-63-57(60)51-48-45-42-39-36-33-27-24-21-18-15-12-9-6-3)65-59(62)53-50-47-44-41-38-35-31-26-23-20-17-14-11-8-5-2/h56H,4-55H2,1-3H3. The van der Waals surface area contributed by atoms with Gasteiger partial charge in [0, 0.05) is 19.3 Å². The van der Waals surface area contributed by atoms with Gasteiger partial charge in [0.05, 0.1) is 0 Å². The first kappa shape index (κ1) is 63.4. The Kier molecular flexibility index (Phi) is 53.7. The number of ether oxygens (including phenoxy) is 3. The molecule has 386 valence electrons. The highest BCUT2D eigenvalue weighted by atomic mass is 16.6. The predicted octanol–water partition coefficient (Wildman–Crippen LogP) is 19.5. The molecule has 0 aliphatic heterocycles. The lowest BCUT2D eigenvalue weighted by Crippen LogP contribution is -2.30. The Morgan fingerprint density at radius 3 is 0.615 bits per heavy atom. The van der Waals surface area contributed by atoms with E-state index in [4.69, 9.17) is 14.2 Å². The molecule has 65 heavy (non-hydrogen) atoms. The summed E-state index contributed by atoms with van der Waals surface area (Å²) in [7, 11) is 0. The minimum absolute atomic E-state index is 0.0609. The SMILES string of the molecule is CCCCCCCCCCCCCCCCCCCCC(=O)OCC(COC(=O)CCCCCCCCCCCCCCCC)OC(=O)CCCCCCCCCCCCCCCCC. The van der Waals surface area contributed by atoms with Crippen molar-refractivity contribution in [3.8, 4) is 0 Å². The summed E-state index contributed by atoms with van der Waals surface area (Å²) in [6.07, 6.45) is 60.9. The fourth-order valence-corrected chi connectivity index (χ4v) is 9.15. The van der Waals surface area contributed by atoms with Crippen molar-refractivity contribution in [2.45, 2.75) is 348 Å². The second-order valence-electron chi connectivity index (χ2n) is 20.3. The fourth-order valence-electron chi connectivity index (χ4n) is 9.15. The van der Waals surface area contributed by atoms with Gasteiger partial charge in [-0.3, -0.25) is 14.4 Å². The van der Waals surface area contributed by atoms with E-state index in [-0.39, 0.29) is 31.1 Å². The summed E-state index contributed by atoms with van der Waals surface area (Å²) < 4.78 is 16.9. The lowest BCUT2D eigenvalue weighted by molar-refractivity contribution is -0.167. The summed E-state index contributed by atoms with van der Waals surface area (Å²) in [6.45, 7) is 6.71. The maximum atomic E-state index is 12.8. The van der Waals surface area contributed by atoms with E-state index >= 15 is 0 Å². The van der Waals surface area contributed by atoms with Crippen molar-refractivity contribution in [1.29, 1.82) is 0 Å². The molecule has 0 saturated carbocycles. The molecular weight excluding hydrogens is 805 g/mol. The summed E-state index contributed by atoms with van der Waals surface area (Å²) in [6, 6.07) is 0. The monoisotopic (exact) mass is 919 g/mol. The highest BCUT2D eigenvalue weighted by molar-refractivity contribution is 5.71. The van der Waals surface area contributed by atoms with Gasteiger partial charge in [0.2, 0.25) is 0 Å². The minimum Gasteiger partial charge on any atom is -0.462 e. The topological polar surface area (TPSA) is 78.9 Å². The van der Waals surface area contributed by atoms with Crippen molar-refractivity contribution >= 4 is 17.9 Å². The number of rotatable bonds is 55. The van der Waals surface area contributed by atoms with Gasteiger partial charge in [-0.05, 0) is 19.3 Å². The van der Waals surface area contributed by atoms with E-state index < -0.39 is 6.10 Å². The quantitative estimate of drug-likeness (QED) is 0.0344. The largest absolute Gasteiger partial charge is 0.462 e. The van der Waals surface area contributed by atoms with E-state index in [2.05, 4.69) is 20.8 Å². The minimum atomic E-state index is -0.761. The zero-order valence-electron chi connectivity index (χ0n) is 44.3. The summed E-state index contributed by atoms with van der Waals surface area (Å²) in [4.78, 5) is 38.1. The van der Waals surface area contributed by atoms with Gasteiger partial charge in [0.25, 0.3) is 0 Å². The van der Waals surface area contributed by atoms with Crippen molar-refractivity contribution in [2.75, 3.05) is 13.2 Å². The van der Waals surface area contributed by atoms with Crippen molar-refractivity contribution in [1.82, 2.24) is 0 Å². The highest BCUT2D eigenvalue weighted by Crippen LogP contribution is 2.18. The van der Waals surface area contributed by atoms with Gasteiger partial charge < -0.3 is 14.2 Å². The molecule has 0 fully saturated rings. The Labute approximate surface area is 406 Å². The molecule has 6 nitrogen and oxygen atoms in total. The number of unbranched alkanes of at least 4 members (excludes halogenated alkanes) is 44. The molecule has 0 aliphatic carbocycles. The normalized spacial score (nSPS) is 11.9. The average Bonchev–Trinajstić information content (AvgIpc) is 3.30. The molecule has 0 N–H and O–H groups in total. The van der Waals surface area contributed by atoms with Crippen LogP contribution in [0.3, 0.4) is 0 Å². The molecule has 0 saturated heterocycles.